The van der Waals surface area contributed by atoms with Crippen LogP contribution in [0.5, 0.6) is 5.75 Å². The molecule has 2 aliphatic heterocycles. The van der Waals surface area contributed by atoms with Crippen LogP contribution >= 0.6 is 0 Å². The molecule has 1 aromatic rings. The summed E-state index contributed by atoms with van der Waals surface area (Å²) >= 11 is 0. The van der Waals surface area contributed by atoms with Gasteiger partial charge in [0, 0.05) is 24.7 Å². The number of hydrogen-bond donors (Lipinski definition) is 3. The van der Waals surface area contributed by atoms with Crippen molar-refractivity contribution in [1.82, 2.24) is 4.90 Å². The number of aliphatic hydroxyl groups excluding tert-OH is 2. The van der Waals surface area contributed by atoms with Crippen molar-refractivity contribution in [1.29, 1.82) is 0 Å². The van der Waals surface area contributed by atoms with Crippen LogP contribution in [-0.4, -0.2) is 39.4 Å². The number of piperidine rings is 1. The summed E-state index contributed by atoms with van der Waals surface area (Å²) in [4.78, 5) is 2.46. The fraction of sp³-hybridized carbons (Fsp3) is 0.667. The van der Waals surface area contributed by atoms with Gasteiger partial charge in [-0.25, -0.2) is 0 Å². The minimum absolute atomic E-state index is 0.132. The summed E-state index contributed by atoms with van der Waals surface area (Å²) in [5, 5.41) is 29.9. The summed E-state index contributed by atoms with van der Waals surface area (Å²) in [6.45, 7) is 6.21. The van der Waals surface area contributed by atoms with Crippen LogP contribution in [0.3, 0.4) is 0 Å². The Hall–Kier alpha value is -1.10. The second-order valence-electron chi connectivity index (χ2n) is 7.29. The second kappa shape index (κ2) is 6.19. The maximum absolute atomic E-state index is 10.5. The first-order valence-corrected chi connectivity index (χ1v) is 8.37. The fourth-order valence-electron chi connectivity index (χ4n) is 4.15. The van der Waals surface area contributed by atoms with Crippen molar-refractivity contribution in [3.8, 4) is 5.75 Å². The van der Waals surface area contributed by atoms with E-state index < -0.39 is 0 Å². The van der Waals surface area contributed by atoms with Gasteiger partial charge in [-0.15, -0.1) is 0 Å². The summed E-state index contributed by atoms with van der Waals surface area (Å²) < 4.78 is 0. The number of nitrogens with zero attached hydrogens (tertiary/aromatic N) is 1. The Morgan fingerprint density at radius 3 is 2.77 bits per heavy atom. The van der Waals surface area contributed by atoms with Gasteiger partial charge in [-0.2, -0.15) is 0 Å². The van der Waals surface area contributed by atoms with Gasteiger partial charge in [-0.05, 0) is 54.4 Å². The van der Waals surface area contributed by atoms with Gasteiger partial charge in [0.25, 0.3) is 0 Å². The smallest absolute Gasteiger partial charge is 0.121 e. The van der Waals surface area contributed by atoms with Gasteiger partial charge < -0.3 is 15.3 Å². The highest BCUT2D eigenvalue weighted by atomic mass is 16.3. The van der Waals surface area contributed by atoms with Crippen LogP contribution < -0.4 is 0 Å². The van der Waals surface area contributed by atoms with E-state index in [9.17, 15) is 15.3 Å². The van der Waals surface area contributed by atoms with Crippen molar-refractivity contribution in [2.24, 2.45) is 11.8 Å². The van der Waals surface area contributed by atoms with Crippen molar-refractivity contribution in [2.45, 2.75) is 51.9 Å². The molecule has 1 fully saturated rings. The van der Waals surface area contributed by atoms with E-state index in [1.165, 1.54) is 5.56 Å². The number of rotatable bonds is 3. The van der Waals surface area contributed by atoms with E-state index in [4.69, 9.17) is 0 Å². The SMILES string of the molecule is CC(C)CC1CN2CCc3cc(CO)c(O)cc3C2C[C@H]1O. The Bertz CT molecular complexity index is 543. The molecule has 0 saturated carbocycles. The average molecular weight is 305 g/mol. The zero-order valence-electron chi connectivity index (χ0n) is 13.5. The number of hydrogen-bond acceptors (Lipinski definition) is 4. The monoisotopic (exact) mass is 305 g/mol. The molecular weight excluding hydrogens is 278 g/mol. The molecule has 0 amide bonds. The Balaban J connectivity index is 1.85. The number of aliphatic hydroxyl groups is 2. The zero-order valence-corrected chi connectivity index (χ0v) is 13.5. The van der Waals surface area contributed by atoms with E-state index in [1.807, 2.05) is 6.07 Å². The molecule has 0 aromatic heterocycles. The molecule has 2 heterocycles. The molecule has 122 valence electrons. The Labute approximate surface area is 132 Å². The summed E-state index contributed by atoms with van der Waals surface area (Å²) in [6.07, 6.45) is 2.48. The maximum Gasteiger partial charge on any atom is 0.121 e. The fourth-order valence-corrected chi connectivity index (χ4v) is 4.15. The normalized spacial score (nSPS) is 28.5. The molecule has 2 aliphatic rings. The lowest BCUT2D eigenvalue weighted by Gasteiger charge is -2.46. The van der Waals surface area contributed by atoms with Crippen molar-refractivity contribution < 1.29 is 15.3 Å². The van der Waals surface area contributed by atoms with Gasteiger partial charge in [-0.1, -0.05) is 13.8 Å². The van der Waals surface area contributed by atoms with Crippen molar-refractivity contribution in [2.75, 3.05) is 13.1 Å². The number of fused-ring (bicyclic) bond motifs is 3. The lowest BCUT2D eigenvalue weighted by molar-refractivity contribution is -0.0191. The van der Waals surface area contributed by atoms with Gasteiger partial charge >= 0.3 is 0 Å². The van der Waals surface area contributed by atoms with Crippen molar-refractivity contribution in [3.63, 3.8) is 0 Å². The molecule has 3 atom stereocenters. The van der Waals surface area contributed by atoms with Crippen LogP contribution in [-0.2, 0) is 13.0 Å². The summed E-state index contributed by atoms with van der Waals surface area (Å²) in [5.74, 6) is 1.12. The molecule has 1 saturated heterocycles. The van der Waals surface area contributed by atoms with Crippen LogP contribution in [0.2, 0.25) is 0 Å². The minimum Gasteiger partial charge on any atom is -0.508 e. The number of aromatic hydroxyl groups is 1. The van der Waals surface area contributed by atoms with Gasteiger partial charge in [-0.3, -0.25) is 4.90 Å². The molecule has 0 bridgehead atoms. The lowest BCUT2D eigenvalue weighted by atomic mass is 9.79. The van der Waals surface area contributed by atoms with Crippen LogP contribution in [0.1, 0.15) is 49.4 Å². The summed E-state index contributed by atoms with van der Waals surface area (Å²) in [6, 6.07) is 3.92. The molecule has 4 nitrogen and oxygen atoms in total. The zero-order chi connectivity index (χ0) is 15.9. The molecule has 4 heteroatoms. The molecular formula is C18H27NO3. The van der Waals surface area contributed by atoms with Gasteiger partial charge in [0.1, 0.15) is 5.75 Å². The lowest BCUT2D eigenvalue weighted by Crippen LogP contribution is -2.48. The molecule has 22 heavy (non-hydrogen) atoms. The van der Waals surface area contributed by atoms with E-state index in [1.54, 1.807) is 6.07 Å². The predicted molar refractivity (Wildman–Crippen MR) is 85.6 cm³/mol. The molecule has 0 radical (unpaired) electrons. The standard InChI is InChI=1S/C18H27NO3/c1-11(2)5-13-9-19-4-3-12-6-14(10-20)17(21)7-15(12)16(19)8-18(13)22/h6-7,11,13,16,18,20-22H,3-5,8-10H2,1-2H3/t13?,16?,18-/m1/s1. The molecule has 1 aromatic carbocycles. The first-order chi connectivity index (χ1) is 10.5. The summed E-state index contributed by atoms with van der Waals surface area (Å²) in [7, 11) is 0. The molecule has 3 N–H and O–H groups in total. The largest absolute Gasteiger partial charge is 0.508 e. The average Bonchev–Trinajstić information content (AvgIpc) is 2.47. The third kappa shape index (κ3) is 2.87. The number of benzene rings is 1. The van der Waals surface area contributed by atoms with Crippen LogP contribution in [0.4, 0.5) is 0 Å². The molecule has 3 rings (SSSR count). The van der Waals surface area contributed by atoms with Gasteiger partial charge in [0.2, 0.25) is 0 Å². The van der Waals surface area contributed by atoms with E-state index in [0.717, 1.165) is 37.9 Å². The highest BCUT2D eigenvalue weighted by molar-refractivity contribution is 5.44. The first-order valence-electron chi connectivity index (χ1n) is 8.37. The summed E-state index contributed by atoms with van der Waals surface area (Å²) in [5.41, 5.74) is 2.93. The Kier molecular flexibility index (Phi) is 4.44. The minimum atomic E-state index is -0.269. The quantitative estimate of drug-likeness (QED) is 0.801. The van der Waals surface area contributed by atoms with E-state index in [2.05, 4.69) is 18.7 Å². The second-order valence-corrected chi connectivity index (χ2v) is 7.29. The third-order valence-electron chi connectivity index (χ3n) is 5.23. The maximum atomic E-state index is 10.5. The third-order valence-corrected chi connectivity index (χ3v) is 5.23. The number of phenols is 1. The van der Waals surface area contributed by atoms with Crippen molar-refractivity contribution >= 4 is 0 Å². The van der Waals surface area contributed by atoms with E-state index >= 15 is 0 Å². The van der Waals surface area contributed by atoms with E-state index in [-0.39, 0.29) is 24.5 Å². The predicted octanol–water partition coefficient (Wildman–Crippen LogP) is 2.21. The highest BCUT2D eigenvalue weighted by Gasteiger charge is 2.38. The highest BCUT2D eigenvalue weighted by Crippen LogP contribution is 2.41. The molecule has 0 aliphatic carbocycles. The molecule has 2 unspecified atom stereocenters. The van der Waals surface area contributed by atoms with Crippen LogP contribution in [0.15, 0.2) is 12.1 Å². The van der Waals surface area contributed by atoms with Gasteiger partial charge in [0.05, 0.1) is 12.7 Å². The van der Waals surface area contributed by atoms with E-state index in [0.29, 0.717) is 17.4 Å². The Morgan fingerprint density at radius 1 is 1.32 bits per heavy atom. The van der Waals surface area contributed by atoms with Gasteiger partial charge in [0.15, 0.2) is 0 Å². The molecule has 0 spiro atoms. The first kappa shape index (κ1) is 15.8. The Morgan fingerprint density at radius 2 is 2.09 bits per heavy atom. The van der Waals surface area contributed by atoms with Crippen LogP contribution in [0, 0.1) is 11.8 Å². The topological polar surface area (TPSA) is 63.9 Å². The van der Waals surface area contributed by atoms with Crippen LogP contribution in [0.25, 0.3) is 0 Å². The van der Waals surface area contributed by atoms with Crippen molar-refractivity contribution in [3.05, 3.63) is 28.8 Å².